The molecule has 0 aromatic rings. The maximum absolute atomic E-state index is 11.2. The van der Waals surface area contributed by atoms with Crippen LogP contribution in [0, 0.1) is 5.92 Å². The molecule has 0 spiro atoms. The van der Waals surface area contributed by atoms with Gasteiger partial charge in [-0.3, -0.25) is 14.9 Å². The molecule has 0 radical (unpaired) electrons. The molecule has 0 aromatic heterocycles. The van der Waals surface area contributed by atoms with E-state index in [9.17, 15) is 9.59 Å². The van der Waals surface area contributed by atoms with Gasteiger partial charge in [0.1, 0.15) is 0 Å². The Morgan fingerprint density at radius 1 is 1.46 bits per heavy atom. The van der Waals surface area contributed by atoms with Gasteiger partial charge in [0, 0.05) is 5.57 Å². The molecular formula is C10H13NO2. The van der Waals surface area contributed by atoms with Gasteiger partial charge in [0.2, 0.25) is 5.91 Å². The molecule has 1 saturated heterocycles. The zero-order chi connectivity index (χ0) is 9.42. The fourth-order valence-electron chi connectivity index (χ4n) is 1.71. The first kappa shape index (κ1) is 8.48. The van der Waals surface area contributed by atoms with Crippen LogP contribution in [0.1, 0.15) is 32.6 Å². The van der Waals surface area contributed by atoms with Crippen LogP contribution in [0.2, 0.25) is 0 Å². The van der Waals surface area contributed by atoms with Gasteiger partial charge >= 0.3 is 0 Å². The third-order valence-corrected chi connectivity index (χ3v) is 2.67. The number of imide groups is 1. The summed E-state index contributed by atoms with van der Waals surface area (Å²) in [5, 5.41) is 2.31. The van der Waals surface area contributed by atoms with Crippen LogP contribution in [0.15, 0.2) is 11.1 Å². The van der Waals surface area contributed by atoms with Gasteiger partial charge < -0.3 is 0 Å². The molecule has 3 heteroatoms. The maximum Gasteiger partial charge on any atom is 0.254 e. The maximum atomic E-state index is 11.2. The van der Waals surface area contributed by atoms with Crippen molar-refractivity contribution in [1.82, 2.24) is 5.32 Å². The van der Waals surface area contributed by atoms with Gasteiger partial charge in [-0.05, 0) is 32.1 Å². The summed E-state index contributed by atoms with van der Waals surface area (Å²) in [6.45, 7) is 1.96. The van der Waals surface area contributed by atoms with Crippen LogP contribution in [0.4, 0.5) is 0 Å². The topological polar surface area (TPSA) is 46.2 Å². The first-order valence-electron chi connectivity index (χ1n) is 4.69. The Balaban J connectivity index is 2.11. The Labute approximate surface area is 77.2 Å². The van der Waals surface area contributed by atoms with Crippen LogP contribution >= 0.6 is 0 Å². The lowest BCUT2D eigenvalue weighted by Crippen LogP contribution is -2.19. The molecule has 1 aliphatic heterocycles. The van der Waals surface area contributed by atoms with Crippen molar-refractivity contribution in [3.05, 3.63) is 11.1 Å². The fraction of sp³-hybridized carbons (Fsp3) is 0.600. The molecule has 3 nitrogen and oxygen atoms in total. The van der Waals surface area contributed by atoms with Crippen LogP contribution in [0.5, 0.6) is 0 Å². The average Bonchev–Trinajstić information content (AvgIpc) is 2.77. The third-order valence-electron chi connectivity index (χ3n) is 2.67. The van der Waals surface area contributed by atoms with E-state index in [0.717, 1.165) is 17.9 Å². The second kappa shape index (κ2) is 2.98. The number of amides is 2. The van der Waals surface area contributed by atoms with E-state index < -0.39 is 0 Å². The molecule has 13 heavy (non-hydrogen) atoms. The summed E-state index contributed by atoms with van der Waals surface area (Å²) >= 11 is 0. The molecule has 1 N–H and O–H groups in total. The largest absolute Gasteiger partial charge is 0.292 e. The number of rotatable bonds is 2. The van der Waals surface area contributed by atoms with Gasteiger partial charge in [-0.15, -0.1) is 0 Å². The molecule has 1 heterocycles. The number of allylic oxidation sites excluding steroid dienone is 1. The number of nitrogens with one attached hydrogen (secondary N) is 1. The highest BCUT2D eigenvalue weighted by atomic mass is 16.2. The highest BCUT2D eigenvalue weighted by Gasteiger charge is 2.28. The molecule has 0 bridgehead atoms. The SMILES string of the molecule is C/C(CC1CC1)=C1/CC(=O)NC1=O. The first-order chi connectivity index (χ1) is 6.16. The van der Waals surface area contributed by atoms with Crippen LogP contribution in [-0.2, 0) is 9.59 Å². The second-order valence-electron chi connectivity index (χ2n) is 3.96. The van der Waals surface area contributed by atoms with Crippen molar-refractivity contribution in [3.63, 3.8) is 0 Å². The van der Waals surface area contributed by atoms with Crippen molar-refractivity contribution < 1.29 is 9.59 Å². The molecule has 0 unspecified atom stereocenters. The first-order valence-corrected chi connectivity index (χ1v) is 4.69. The molecule has 1 saturated carbocycles. The van der Waals surface area contributed by atoms with Gasteiger partial charge in [0.25, 0.3) is 5.91 Å². The van der Waals surface area contributed by atoms with E-state index >= 15 is 0 Å². The molecule has 2 fully saturated rings. The van der Waals surface area contributed by atoms with Crippen molar-refractivity contribution in [2.45, 2.75) is 32.6 Å². The summed E-state index contributed by atoms with van der Waals surface area (Å²) in [4.78, 5) is 22.1. The highest BCUT2D eigenvalue weighted by molar-refractivity contribution is 6.13. The Morgan fingerprint density at radius 3 is 2.62 bits per heavy atom. The van der Waals surface area contributed by atoms with Crippen molar-refractivity contribution in [2.24, 2.45) is 5.92 Å². The molecule has 1 aliphatic carbocycles. The minimum absolute atomic E-state index is 0.157. The predicted molar refractivity (Wildman–Crippen MR) is 47.8 cm³/mol. The molecule has 0 atom stereocenters. The van der Waals surface area contributed by atoms with Crippen LogP contribution in [0.3, 0.4) is 0 Å². The average molecular weight is 179 g/mol. The zero-order valence-electron chi connectivity index (χ0n) is 7.72. The second-order valence-corrected chi connectivity index (χ2v) is 3.96. The quantitative estimate of drug-likeness (QED) is 0.510. The van der Waals surface area contributed by atoms with Gasteiger partial charge in [0.15, 0.2) is 0 Å². The summed E-state index contributed by atoms with van der Waals surface area (Å²) in [7, 11) is 0. The summed E-state index contributed by atoms with van der Waals surface area (Å²) in [5.41, 5.74) is 1.81. The number of carbonyl (C=O) groups is 2. The number of hydrogen-bond donors (Lipinski definition) is 1. The Kier molecular flexibility index (Phi) is 1.94. The molecule has 70 valence electrons. The van der Waals surface area contributed by atoms with E-state index in [1.54, 1.807) is 0 Å². The number of hydrogen-bond acceptors (Lipinski definition) is 2. The summed E-state index contributed by atoms with van der Waals surface area (Å²) in [5.74, 6) is 0.439. The molecular weight excluding hydrogens is 166 g/mol. The van der Waals surface area contributed by atoms with E-state index in [1.165, 1.54) is 12.8 Å². The lowest BCUT2D eigenvalue weighted by atomic mass is 10.0. The molecule has 2 aliphatic rings. The van der Waals surface area contributed by atoms with E-state index in [1.807, 2.05) is 6.92 Å². The van der Waals surface area contributed by atoms with Crippen molar-refractivity contribution in [2.75, 3.05) is 0 Å². The van der Waals surface area contributed by atoms with Crippen LogP contribution in [0.25, 0.3) is 0 Å². The molecule has 0 aromatic carbocycles. The van der Waals surface area contributed by atoms with Gasteiger partial charge in [-0.1, -0.05) is 5.57 Å². The molecule has 2 rings (SSSR count). The Bertz CT molecular complexity index is 300. The highest BCUT2D eigenvalue weighted by Crippen LogP contribution is 2.36. The van der Waals surface area contributed by atoms with E-state index in [4.69, 9.17) is 0 Å². The Morgan fingerprint density at radius 2 is 2.15 bits per heavy atom. The summed E-state index contributed by atoms with van der Waals surface area (Å²) in [6, 6.07) is 0. The lowest BCUT2D eigenvalue weighted by molar-refractivity contribution is -0.124. The zero-order valence-corrected chi connectivity index (χ0v) is 7.72. The van der Waals surface area contributed by atoms with Gasteiger partial charge in [0.05, 0.1) is 6.42 Å². The molecule has 2 amide bonds. The lowest BCUT2D eigenvalue weighted by Gasteiger charge is -2.01. The fourth-order valence-corrected chi connectivity index (χ4v) is 1.71. The van der Waals surface area contributed by atoms with Crippen molar-refractivity contribution >= 4 is 11.8 Å². The predicted octanol–water partition coefficient (Wildman–Crippen LogP) is 1.15. The van der Waals surface area contributed by atoms with E-state index in [2.05, 4.69) is 5.32 Å². The van der Waals surface area contributed by atoms with Crippen molar-refractivity contribution in [3.8, 4) is 0 Å². The van der Waals surface area contributed by atoms with Crippen LogP contribution in [-0.4, -0.2) is 11.8 Å². The van der Waals surface area contributed by atoms with Crippen molar-refractivity contribution in [1.29, 1.82) is 0 Å². The van der Waals surface area contributed by atoms with Gasteiger partial charge in [-0.25, -0.2) is 0 Å². The summed E-state index contributed by atoms with van der Waals surface area (Å²) < 4.78 is 0. The van der Waals surface area contributed by atoms with Crippen LogP contribution < -0.4 is 5.32 Å². The standard InChI is InChI=1S/C10H13NO2/c1-6(4-7-2-3-7)8-5-9(12)11-10(8)13/h7H,2-5H2,1H3,(H,11,12,13)/b8-6+. The number of carbonyl (C=O) groups excluding carboxylic acids is 2. The smallest absolute Gasteiger partial charge is 0.254 e. The third kappa shape index (κ3) is 1.79. The minimum Gasteiger partial charge on any atom is -0.292 e. The van der Waals surface area contributed by atoms with E-state index in [0.29, 0.717) is 5.57 Å². The monoisotopic (exact) mass is 179 g/mol. The van der Waals surface area contributed by atoms with E-state index in [-0.39, 0.29) is 18.2 Å². The minimum atomic E-state index is -0.178. The normalized spacial score (nSPS) is 26.2. The Hall–Kier alpha value is -1.12. The summed E-state index contributed by atoms with van der Waals surface area (Å²) in [6.07, 6.45) is 3.84. The van der Waals surface area contributed by atoms with Gasteiger partial charge in [-0.2, -0.15) is 0 Å².